The molecular weight excluding hydrogens is 314 g/mol. The van der Waals surface area contributed by atoms with Crippen LogP contribution in [0.5, 0.6) is 0 Å². The van der Waals surface area contributed by atoms with E-state index in [1.165, 1.54) is 0 Å². The molecule has 0 fully saturated rings. The monoisotopic (exact) mass is 341 g/mol. The first-order chi connectivity index (χ1) is 11.8. The lowest BCUT2D eigenvalue weighted by atomic mass is 10.0. The third kappa shape index (κ3) is 6.24. The van der Waals surface area contributed by atoms with Crippen molar-refractivity contribution in [2.24, 2.45) is 0 Å². The highest BCUT2D eigenvalue weighted by Crippen LogP contribution is 2.21. The number of carbonyl (C=O) groups is 1. The Morgan fingerprint density at radius 2 is 1.80 bits per heavy atom. The molecule has 4 heteroatoms. The van der Waals surface area contributed by atoms with Gasteiger partial charge in [0.05, 0.1) is 13.0 Å². The summed E-state index contributed by atoms with van der Waals surface area (Å²) in [6, 6.07) is 15.7. The van der Waals surface area contributed by atoms with Crippen molar-refractivity contribution in [2.45, 2.75) is 52.4 Å². The van der Waals surface area contributed by atoms with Gasteiger partial charge in [-0.15, -0.1) is 0 Å². The van der Waals surface area contributed by atoms with Crippen molar-refractivity contribution in [1.29, 1.82) is 0 Å². The molecule has 0 saturated carbocycles. The average molecular weight is 341 g/mol. The molecule has 4 nitrogen and oxygen atoms in total. The first-order valence-electron chi connectivity index (χ1n) is 8.54. The Balaban J connectivity index is 2.04. The minimum Gasteiger partial charge on any atom is -0.460 e. The molecule has 0 aromatic heterocycles. The second-order valence-corrected chi connectivity index (χ2v) is 7.23. The quantitative estimate of drug-likeness (QED) is 0.772. The lowest BCUT2D eigenvalue weighted by Gasteiger charge is -2.20. The van der Waals surface area contributed by atoms with Crippen LogP contribution in [0.3, 0.4) is 0 Å². The summed E-state index contributed by atoms with van der Waals surface area (Å²) in [5.41, 5.74) is 3.38. The number of benzene rings is 2. The third-order valence-corrected chi connectivity index (χ3v) is 3.71. The highest BCUT2D eigenvalue weighted by molar-refractivity contribution is 5.73. The maximum absolute atomic E-state index is 12.0. The number of hydrogen-bond donors (Lipinski definition) is 2. The van der Waals surface area contributed by atoms with Crippen molar-refractivity contribution in [2.75, 3.05) is 5.32 Å². The van der Waals surface area contributed by atoms with Gasteiger partial charge in [-0.05, 0) is 56.5 Å². The largest absolute Gasteiger partial charge is 0.460 e. The number of rotatable bonds is 6. The molecule has 0 amide bonds. The number of esters is 1. The number of anilines is 1. The van der Waals surface area contributed by atoms with E-state index in [2.05, 4.69) is 12.2 Å². The van der Waals surface area contributed by atoms with E-state index < -0.39 is 5.60 Å². The van der Waals surface area contributed by atoms with E-state index in [0.29, 0.717) is 0 Å². The second kappa shape index (κ2) is 8.17. The number of ether oxygens (including phenoxy) is 1. The summed E-state index contributed by atoms with van der Waals surface area (Å²) < 4.78 is 5.37. The fraction of sp³-hybridized carbons (Fsp3) is 0.381. The van der Waals surface area contributed by atoms with Crippen molar-refractivity contribution in [3.8, 4) is 0 Å². The molecule has 0 radical (unpaired) electrons. The number of hydrogen-bond acceptors (Lipinski definition) is 4. The topological polar surface area (TPSA) is 58.6 Å². The molecule has 0 aliphatic rings. The van der Waals surface area contributed by atoms with E-state index in [-0.39, 0.29) is 25.0 Å². The Hall–Kier alpha value is -2.33. The highest BCUT2D eigenvalue weighted by Gasteiger charge is 2.16. The highest BCUT2D eigenvalue weighted by atomic mass is 16.6. The van der Waals surface area contributed by atoms with Crippen molar-refractivity contribution >= 4 is 11.7 Å². The molecule has 0 heterocycles. The van der Waals surface area contributed by atoms with Crippen LogP contribution >= 0.6 is 0 Å². The predicted molar refractivity (Wildman–Crippen MR) is 100 cm³/mol. The summed E-state index contributed by atoms with van der Waals surface area (Å²) in [7, 11) is 0. The van der Waals surface area contributed by atoms with Crippen molar-refractivity contribution in [3.63, 3.8) is 0 Å². The predicted octanol–water partition coefficient (Wildman–Crippen LogP) is 4.24. The van der Waals surface area contributed by atoms with Crippen LogP contribution in [0.2, 0.25) is 0 Å². The van der Waals surface area contributed by atoms with Crippen LogP contribution < -0.4 is 5.32 Å². The zero-order valence-corrected chi connectivity index (χ0v) is 15.4. The van der Waals surface area contributed by atoms with Crippen LogP contribution in [0.15, 0.2) is 48.5 Å². The SMILES string of the molecule is CC(Nc1cccc(CC(=O)OC(C)(C)C)c1)c1cccc(CO)c1. The van der Waals surface area contributed by atoms with Crippen molar-refractivity contribution < 1.29 is 14.6 Å². The molecule has 2 aromatic carbocycles. The molecule has 2 aromatic rings. The lowest BCUT2D eigenvalue weighted by molar-refractivity contribution is -0.153. The van der Waals surface area contributed by atoms with Crippen molar-refractivity contribution in [3.05, 3.63) is 65.2 Å². The van der Waals surface area contributed by atoms with E-state index in [1.54, 1.807) is 0 Å². The van der Waals surface area contributed by atoms with Gasteiger partial charge in [-0.1, -0.05) is 36.4 Å². The number of carbonyl (C=O) groups excluding carboxylic acids is 1. The molecule has 1 unspecified atom stereocenters. The maximum atomic E-state index is 12.0. The fourth-order valence-corrected chi connectivity index (χ4v) is 2.61. The smallest absolute Gasteiger partial charge is 0.310 e. The summed E-state index contributed by atoms with van der Waals surface area (Å²) in [6.45, 7) is 7.70. The first kappa shape index (κ1) is 19.0. The molecule has 2 N–H and O–H groups in total. The fourth-order valence-electron chi connectivity index (χ4n) is 2.61. The van der Waals surface area contributed by atoms with E-state index >= 15 is 0 Å². The Kier molecular flexibility index (Phi) is 6.21. The normalized spacial score (nSPS) is 12.5. The Labute approximate surface area is 149 Å². The van der Waals surface area contributed by atoms with Gasteiger partial charge in [0.1, 0.15) is 5.60 Å². The summed E-state index contributed by atoms with van der Waals surface area (Å²) in [5.74, 6) is -0.228. The minimum absolute atomic E-state index is 0.0337. The molecule has 0 aliphatic heterocycles. The summed E-state index contributed by atoms with van der Waals surface area (Å²) in [5, 5.41) is 12.7. The van der Waals surface area contributed by atoms with Gasteiger partial charge in [-0.2, -0.15) is 0 Å². The van der Waals surface area contributed by atoms with Crippen molar-refractivity contribution in [1.82, 2.24) is 0 Å². The van der Waals surface area contributed by atoms with Crippen LogP contribution in [0.1, 0.15) is 50.4 Å². The van der Waals surface area contributed by atoms with Gasteiger partial charge >= 0.3 is 5.97 Å². The Bertz CT molecular complexity index is 719. The number of nitrogens with one attached hydrogen (secondary N) is 1. The second-order valence-electron chi connectivity index (χ2n) is 7.23. The Morgan fingerprint density at radius 3 is 2.48 bits per heavy atom. The van der Waals surface area contributed by atoms with Gasteiger partial charge < -0.3 is 15.2 Å². The van der Waals surface area contributed by atoms with Gasteiger partial charge in [0.2, 0.25) is 0 Å². The van der Waals surface area contributed by atoms with Gasteiger partial charge in [0.15, 0.2) is 0 Å². The van der Waals surface area contributed by atoms with Crippen LogP contribution in [0, 0.1) is 0 Å². The summed E-state index contributed by atoms with van der Waals surface area (Å²) in [6.07, 6.45) is 0.251. The Morgan fingerprint density at radius 1 is 1.12 bits per heavy atom. The summed E-state index contributed by atoms with van der Waals surface area (Å²) >= 11 is 0. The zero-order chi connectivity index (χ0) is 18.4. The molecule has 134 valence electrons. The van der Waals surface area contributed by atoms with Crippen LogP contribution in [0.25, 0.3) is 0 Å². The molecule has 0 bridgehead atoms. The number of aliphatic hydroxyl groups excluding tert-OH is 1. The summed E-state index contributed by atoms with van der Waals surface area (Å²) in [4.78, 5) is 12.0. The molecule has 2 rings (SSSR count). The van der Waals surface area contributed by atoms with Gasteiger partial charge in [0, 0.05) is 11.7 Å². The van der Waals surface area contributed by atoms with E-state index in [0.717, 1.165) is 22.4 Å². The van der Waals surface area contributed by atoms with Crippen LogP contribution in [-0.2, 0) is 22.6 Å². The van der Waals surface area contributed by atoms with Gasteiger partial charge in [0.25, 0.3) is 0 Å². The average Bonchev–Trinajstić information content (AvgIpc) is 2.53. The standard InChI is InChI=1S/C21H27NO3/c1-15(18-9-5-8-17(11-18)14-23)22-19-10-6-7-16(12-19)13-20(24)25-21(2,3)4/h5-12,15,22-23H,13-14H2,1-4H3. The van der Waals surface area contributed by atoms with Crippen LogP contribution in [-0.4, -0.2) is 16.7 Å². The van der Waals surface area contributed by atoms with Gasteiger partial charge in [-0.3, -0.25) is 4.79 Å². The molecule has 0 spiro atoms. The first-order valence-corrected chi connectivity index (χ1v) is 8.54. The van der Waals surface area contributed by atoms with E-state index in [4.69, 9.17) is 4.74 Å². The maximum Gasteiger partial charge on any atom is 0.310 e. The lowest BCUT2D eigenvalue weighted by Crippen LogP contribution is -2.24. The minimum atomic E-state index is -0.473. The molecular formula is C21H27NO3. The third-order valence-electron chi connectivity index (χ3n) is 3.71. The van der Waals surface area contributed by atoms with Gasteiger partial charge in [-0.25, -0.2) is 0 Å². The van der Waals surface area contributed by atoms with E-state index in [1.807, 2.05) is 69.3 Å². The van der Waals surface area contributed by atoms with E-state index in [9.17, 15) is 9.90 Å². The number of aliphatic hydroxyl groups is 1. The molecule has 0 saturated heterocycles. The molecule has 1 atom stereocenters. The molecule has 0 aliphatic carbocycles. The zero-order valence-electron chi connectivity index (χ0n) is 15.4. The van der Waals surface area contributed by atoms with Crippen LogP contribution in [0.4, 0.5) is 5.69 Å². The molecule has 25 heavy (non-hydrogen) atoms.